The van der Waals surface area contributed by atoms with Crippen LogP contribution in [0.2, 0.25) is 0 Å². The van der Waals surface area contributed by atoms with Gasteiger partial charge >= 0.3 is 0 Å². The quantitative estimate of drug-likeness (QED) is 0.708. The van der Waals surface area contributed by atoms with Gasteiger partial charge in [-0.2, -0.15) is 0 Å². The van der Waals surface area contributed by atoms with Crippen molar-refractivity contribution in [3.8, 4) is 11.3 Å². The van der Waals surface area contributed by atoms with Crippen LogP contribution < -0.4 is 5.32 Å². The van der Waals surface area contributed by atoms with Gasteiger partial charge in [-0.3, -0.25) is 4.79 Å². The molecule has 0 unspecified atom stereocenters. The molecule has 0 spiro atoms. The number of nitrogens with zero attached hydrogens (tertiary/aromatic N) is 1. The Bertz CT molecular complexity index is 846. The number of carbonyl (C=O) groups excluding carboxylic acids is 1. The smallest absolute Gasteiger partial charge is 0.252 e. The fourth-order valence-electron chi connectivity index (χ4n) is 2.24. The lowest BCUT2D eigenvalue weighted by molar-refractivity contribution is 0.0947. The average Bonchev–Trinajstić information content (AvgIpc) is 3.09. The highest BCUT2D eigenvalue weighted by Gasteiger charge is 2.12. The second-order valence-electron chi connectivity index (χ2n) is 5.07. The van der Waals surface area contributed by atoms with Crippen molar-refractivity contribution in [2.45, 2.75) is 11.4 Å². The molecule has 0 atom stereocenters. The number of halogens is 1. The van der Waals surface area contributed by atoms with Gasteiger partial charge in [-0.15, -0.1) is 11.8 Å². The molecule has 2 aromatic carbocycles. The van der Waals surface area contributed by atoms with Gasteiger partial charge < -0.3 is 9.84 Å². The highest BCUT2D eigenvalue weighted by atomic mass is 32.2. The van der Waals surface area contributed by atoms with E-state index in [1.54, 1.807) is 24.3 Å². The second kappa shape index (κ2) is 7.31. The van der Waals surface area contributed by atoms with Gasteiger partial charge in [0.1, 0.15) is 11.5 Å². The van der Waals surface area contributed by atoms with Crippen molar-refractivity contribution in [1.82, 2.24) is 10.5 Å². The molecular weight excluding hydrogens is 327 g/mol. The molecule has 1 N–H and O–H groups in total. The van der Waals surface area contributed by atoms with E-state index < -0.39 is 0 Å². The van der Waals surface area contributed by atoms with Crippen molar-refractivity contribution >= 4 is 17.7 Å². The molecule has 1 heterocycles. The summed E-state index contributed by atoms with van der Waals surface area (Å²) >= 11 is 1.52. The number of benzene rings is 2. The molecule has 0 aliphatic heterocycles. The van der Waals surface area contributed by atoms with Crippen LogP contribution in [0.5, 0.6) is 0 Å². The topological polar surface area (TPSA) is 55.1 Å². The number of carbonyl (C=O) groups is 1. The van der Waals surface area contributed by atoms with E-state index >= 15 is 0 Å². The molecule has 0 fully saturated rings. The summed E-state index contributed by atoms with van der Waals surface area (Å²) < 4.78 is 18.2. The van der Waals surface area contributed by atoms with Crippen LogP contribution in [-0.2, 0) is 6.54 Å². The minimum absolute atomic E-state index is 0.161. The Morgan fingerprint density at radius 3 is 2.71 bits per heavy atom. The fourth-order valence-corrected chi connectivity index (χ4v) is 2.84. The summed E-state index contributed by atoms with van der Waals surface area (Å²) in [5.41, 5.74) is 1.96. The molecule has 3 rings (SSSR count). The monoisotopic (exact) mass is 342 g/mol. The van der Waals surface area contributed by atoms with E-state index in [2.05, 4.69) is 10.5 Å². The third-order valence-electron chi connectivity index (χ3n) is 3.47. The molecule has 0 aliphatic carbocycles. The van der Waals surface area contributed by atoms with E-state index in [0.29, 0.717) is 17.0 Å². The second-order valence-corrected chi connectivity index (χ2v) is 5.92. The molecule has 0 saturated heterocycles. The number of amides is 1. The van der Waals surface area contributed by atoms with Gasteiger partial charge in [0, 0.05) is 16.5 Å². The molecule has 0 aliphatic rings. The molecule has 0 radical (unpaired) electrons. The Morgan fingerprint density at radius 1 is 1.21 bits per heavy atom. The summed E-state index contributed by atoms with van der Waals surface area (Å²) in [4.78, 5) is 13.2. The first kappa shape index (κ1) is 16.3. The SMILES string of the molecule is CSc1ccccc1C(=O)NCc1cc(-c2ccc(F)cc2)on1. The molecule has 24 heavy (non-hydrogen) atoms. The Labute approximate surface area is 143 Å². The first-order valence-electron chi connectivity index (χ1n) is 7.30. The highest BCUT2D eigenvalue weighted by Crippen LogP contribution is 2.21. The van der Waals surface area contributed by atoms with Gasteiger partial charge in [-0.25, -0.2) is 4.39 Å². The van der Waals surface area contributed by atoms with Crippen LogP contribution in [0, 0.1) is 5.82 Å². The lowest BCUT2D eigenvalue weighted by Crippen LogP contribution is -2.23. The highest BCUT2D eigenvalue weighted by molar-refractivity contribution is 7.98. The fraction of sp³-hybridized carbons (Fsp3) is 0.111. The zero-order chi connectivity index (χ0) is 16.9. The maximum absolute atomic E-state index is 12.9. The van der Waals surface area contributed by atoms with E-state index in [1.807, 2.05) is 24.5 Å². The van der Waals surface area contributed by atoms with Crippen molar-refractivity contribution in [1.29, 1.82) is 0 Å². The number of hydrogen-bond acceptors (Lipinski definition) is 4. The summed E-state index contributed by atoms with van der Waals surface area (Å²) in [6, 6.07) is 15.1. The lowest BCUT2D eigenvalue weighted by atomic mass is 10.1. The van der Waals surface area contributed by atoms with Crippen molar-refractivity contribution in [3.63, 3.8) is 0 Å². The van der Waals surface area contributed by atoms with Crippen LogP contribution in [0.1, 0.15) is 16.1 Å². The number of nitrogens with one attached hydrogen (secondary N) is 1. The predicted octanol–water partition coefficient (Wildman–Crippen LogP) is 4.13. The minimum Gasteiger partial charge on any atom is -0.356 e. The van der Waals surface area contributed by atoms with Crippen LogP contribution in [-0.4, -0.2) is 17.3 Å². The number of hydrogen-bond donors (Lipinski definition) is 1. The van der Waals surface area contributed by atoms with E-state index in [1.165, 1.54) is 23.9 Å². The summed E-state index contributed by atoms with van der Waals surface area (Å²) in [5.74, 6) is 0.0632. The third-order valence-corrected chi connectivity index (χ3v) is 4.27. The minimum atomic E-state index is -0.307. The first-order chi connectivity index (χ1) is 11.7. The van der Waals surface area contributed by atoms with Crippen molar-refractivity contribution < 1.29 is 13.7 Å². The third kappa shape index (κ3) is 3.65. The lowest BCUT2D eigenvalue weighted by Gasteiger charge is -2.06. The summed E-state index contributed by atoms with van der Waals surface area (Å²) in [6.45, 7) is 0.256. The Balaban J connectivity index is 1.67. The van der Waals surface area contributed by atoms with Crippen LogP contribution in [0.25, 0.3) is 11.3 Å². The van der Waals surface area contributed by atoms with Gasteiger partial charge in [0.25, 0.3) is 5.91 Å². The van der Waals surface area contributed by atoms with Crippen LogP contribution in [0.3, 0.4) is 0 Å². The number of rotatable bonds is 5. The van der Waals surface area contributed by atoms with Gasteiger partial charge in [-0.1, -0.05) is 17.3 Å². The normalized spacial score (nSPS) is 10.6. The summed E-state index contributed by atoms with van der Waals surface area (Å²) in [6.07, 6.45) is 1.93. The Morgan fingerprint density at radius 2 is 1.96 bits per heavy atom. The van der Waals surface area contributed by atoms with Gasteiger partial charge in [0.2, 0.25) is 0 Å². The number of thioether (sulfide) groups is 1. The Kier molecular flexibility index (Phi) is 4.96. The molecule has 3 aromatic rings. The van der Waals surface area contributed by atoms with Crippen LogP contribution in [0.15, 0.2) is 64.0 Å². The zero-order valence-electron chi connectivity index (χ0n) is 13.0. The van der Waals surface area contributed by atoms with E-state index in [-0.39, 0.29) is 18.3 Å². The summed E-state index contributed by atoms with van der Waals surface area (Å²) in [5, 5.41) is 6.76. The average molecular weight is 342 g/mol. The largest absolute Gasteiger partial charge is 0.356 e. The van der Waals surface area contributed by atoms with Crippen LogP contribution >= 0.6 is 11.8 Å². The predicted molar refractivity (Wildman–Crippen MR) is 91.3 cm³/mol. The molecule has 1 aromatic heterocycles. The summed E-state index contributed by atoms with van der Waals surface area (Å²) in [7, 11) is 0. The van der Waals surface area contributed by atoms with Crippen molar-refractivity contribution in [3.05, 3.63) is 71.7 Å². The molecule has 4 nitrogen and oxygen atoms in total. The molecular formula is C18H15FN2O2S. The van der Waals surface area contributed by atoms with E-state index in [9.17, 15) is 9.18 Å². The molecule has 0 saturated carbocycles. The maximum Gasteiger partial charge on any atom is 0.252 e. The number of aromatic nitrogens is 1. The van der Waals surface area contributed by atoms with Gasteiger partial charge in [0.05, 0.1) is 12.1 Å². The van der Waals surface area contributed by atoms with Crippen molar-refractivity contribution in [2.24, 2.45) is 0 Å². The van der Waals surface area contributed by atoms with Crippen LogP contribution in [0.4, 0.5) is 4.39 Å². The zero-order valence-corrected chi connectivity index (χ0v) is 13.8. The van der Waals surface area contributed by atoms with Gasteiger partial charge in [-0.05, 0) is 42.7 Å². The molecule has 6 heteroatoms. The molecule has 0 bridgehead atoms. The van der Waals surface area contributed by atoms with Crippen molar-refractivity contribution in [2.75, 3.05) is 6.26 Å². The standard InChI is InChI=1S/C18H15FN2O2S/c1-24-17-5-3-2-4-15(17)18(22)20-11-14-10-16(23-21-14)12-6-8-13(19)9-7-12/h2-10H,11H2,1H3,(H,20,22). The Hall–Kier alpha value is -2.60. The van der Waals surface area contributed by atoms with E-state index in [0.717, 1.165) is 10.5 Å². The molecule has 122 valence electrons. The first-order valence-corrected chi connectivity index (χ1v) is 8.52. The van der Waals surface area contributed by atoms with Gasteiger partial charge in [0.15, 0.2) is 5.76 Å². The maximum atomic E-state index is 12.9. The van der Waals surface area contributed by atoms with E-state index in [4.69, 9.17) is 4.52 Å². The molecule has 1 amide bonds.